The van der Waals surface area contributed by atoms with Crippen molar-refractivity contribution >= 4 is 0 Å². The highest BCUT2D eigenvalue weighted by Gasteiger charge is 2.41. The highest BCUT2D eigenvalue weighted by atomic mass is 16.3. The Morgan fingerprint density at radius 3 is 2.58 bits per heavy atom. The Morgan fingerprint density at radius 2 is 2.05 bits per heavy atom. The zero-order valence-corrected chi connectivity index (χ0v) is 13.0. The van der Waals surface area contributed by atoms with Crippen LogP contribution in [0.1, 0.15) is 52.4 Å². The molecule has 2 unspecified atom stereocenters. The summed E-state index contributed by atoms with van der Waals surface area (Å²) >= 11 is 0. The quantitative estimate of drug-likeness (QED) is 0.709. The van der Waals surface area contributed by atoms with E-state index >= 15 is 0 Å². The van der Waals surface area contributed by atoms with Crippen molar-refractivity contribution < 1.29 is 5.11 Å². The molecule has 0 saturated heterocycles. The second-order valence-electron chi connectivity index (χ2n) is 7.06. The average Bonchev–Trinajstić information content (AvgIpc) is 3.15. The van der Waals surface area contributed by atoms with Crippen molar-refractivity contribution in [2.45, 2.75) is 64.0 Å². The summed E-state index contributed by atoms with van der Waals surface area (Å²) in [5.74, 6) is 1.41. The lowest BCUT2D eigenvalue weighted by Crippen LogP contribution is -2.50. The van der Waals surface area contributed by atoms with Gasteiger partial charge < -0.3 is 15.3 Å². The molecule has 2 aliphatic carbocycles. The van der Waals surface area contributed by atoms with Crippen LogP contribution in [0.25, 0.3) is 0 Å². The number of likely N-dealkylation sites (N-methyl/N-ethyl adjacent to an activating group) is 1. The maximum absolute atomic E-state index is 9.74. The predicted octanol–water partition coefficient (Wildman–Crippen LogP) is 2.25. The van der Waals surface area contributed by atoms with E-state index in [0.717, 1.165) is 18.4 Å². The maximum atomic E-state index is 9.74. The van der Waals surface area contributed by atoms with Gasteiger partial charge in [0, 0.05) is 18.1 Å². The molecule has 2 N–H and O–H groups in total. The fourth-order valence-corrected chi connectivity index (χ4v) is 3.83. The monoisotopic (exact) mass is 268 g/mol. The van der Waals surface area contributed by atoms with E-state index in [-0.39, 0.29) is 5.54 Å². The van der Waals surface area contributed by atoms with Crippen molar-refractivity contribution in [3.63, 3.8) is 0 Å². The molecule has 0 aromatic heterocycles. The molecule has 0 bridgehead atoms. The van der Waals surface area contributed by atoms with Gasteiger partial charge in [0.25, 0.3) is 0 Å². The van der Waals surface area contributed by atoms with Gasteiger partial charge >= 0.3 is 0 Å². The third-order valence-corrected chi connectivity index (χ3v) is 5.16. The Balaban J connectivity index is 1.85. The van der Waals surface area contributed by atoms with Gasteiger partial charge in [-0.15, -0.1) is 0 Å². The van der Waals surface area contributed by atoms with Crippen molar-refractivity contribution in [3.8, 4) is 0 Å². The molecule has 0 aliphatic heterocycles. The van der Waals surface area contributed by atoms with E-state index in [9.17, 15) is 5.11 Å². The number of hydrogen-bond donors (Lipinski definition) is 2. The summed E-state index contributed by atoms with van der Waals surface area (Å²) in [4.78, 5) is 2.70. The SMILES string of the molecule is CNC1(CO)CCCC1CCN(CC(C)C)C1CC1. The summed E-state index contributed by atoms with van der Waals surface area (Å²) in [6, 6.07) is 0.863. The van der Waals surface area contributed by atoms with Crippen LogP contribution in [-0.4, -0.2) is 48.3 Å². The van der Waals surface area contributed by atoms with Crippen LogP contribution in [0.4, 0.5) is 0 Å². The van der Waals surface area contributed by atoms with Crippen molar-refractivity contribution in [2.24, 2.45) is 11.8 Å². The third-order valence-electron chi connectivity index (χ3n) is 5.16. The molecule has 3 nitrogen and oxygen atoms in total. The lowest BCUT2D eigenvalue weighted by atomic mass is 9.85. The first-order valence-corrected chi connectivity index (χ1v) is 8.15. The molecule has 2 fully saturated rings. The molecule has 19 heavy (non-hydrogen) atoms. The van der Waals surface area contributed by atoms with Gasteiger partial charge in [0.15, 0.2) is 0 Å². The molecular formula is C16H32N2O. The number of rotatable bonds is 8. The van der Waals surface area contributed by atoms with E-state index in [1.807, 2.05) is 7.05 Å². The van der Waals surface area contributed by atoms with Crippen LogP contribution in [0, 0.1) is 11.8 Å². The number of aliphatic hydroxyl groups is 1. The Labute approximate surface area is 118 Å². The van der Waals surface area contributed by atoms with Crippen LogP contribution >= 0.6 is 0 Å². The Kier molecular flexibility index (Phi) is 5.27. The fourth-order valence-electron chi connectivity index (χ4n) is 3.83. The summed E-state index contributed by atoms with van der Waals surface area (Å²) in [7, 11) is 2.02. The first-order valence-electron chi connectivity index (χ1n) is 8.15. The van der Waals surface area contributed by atoms with E-state index in [0.29, 0.717) is 12.5 Å². The number of hydrogen-bond acceptors (Lipinski definition) is 3. The molecule has 3 heteroatoms. The second kappa shape index (κ2) is 6.55. The van der Waals surface area contributed by atoms with Gasteiger partial charge in [-0.3, -0.25) is 0 Å². The van der Waals surface area contributed by atoms with Crippen molar-refractivity contribution in [3.05, 3.63) is 0 Å². The first kappa shape index (κ1) is 15.3. The lowest BCUT2D eigenvalue weighted by molar-refractivity contribution is 0.115. The normalized spacial score (nSPS) is 31.6. The molecule has 112 valence electrons. The molecule has 2 atom stereocenters. The van der Waals surface area contributed by atoms with Crippen molar-refractivity contribution in [2.75, 3.05) is 26.7 Å². The summed E-state index contributed by atoms with van der Waals surface area (Å²) in [5, 5.41) is 13.2. The zero-order chi connectivity index (χ0) is 13.9. The van der Waals surface area contributed by atoms with Crippen molar-refractivity contribution in [1.29, 1.82) is 0 Å². The van der Waals surface area contributed by atoms with E-state index in [1.165, 1.54) is 45.2 Å². The van der Waals surface area contributed by atoms with E-state index < -0.39 is 0 Å². The van der Waals surface area contributed by atoms with Crippen molar-refractivity contribution in [1.82, 2.24) is 10.2 Å². The highest BCUT2D eigenvalue weighted by Crippen LogP contribution is 2.38. The summed E-state index contributed by atoms with van der Waals surface area (Å²) in [6.45, 7) is 7.38. The molecule has 0 aromatic carbocycles. The molecule has 2 aliphatic rings. The molecule has 2 saturated carbocycles. The zero-order valence-electron chi connectivity index (χ0n) is 13.0. The Morgan fingerprint density at radius 1 is 1.32 bits per heavy atom. The van der Waals surface area contributed by atoms with E-state index in [2.05, 4.69) is 24.1 Å². The van der Waals surface area contributed by atoms with Gasteiger partial charge in [-0.25, -0.2) is 0 Å². The van der Waals surface area contributed by atoms with Crippen LogP contribution in [0.5, 0.6) is 0 Å². The predicted molar refractivity (Wildman–Crippen MR) is 80.3 cm³/mol. The molecule has 0 radical (unpaired) electrons. The molecular weight excluding hydrogens is 236 g/mol. The largest absolute Gasteiger partial charge is 0.394 e. The van der Waals surface area contributed by atoms with Crippen LogP contribution in [0.2, 0.25) is 0 Å². The second-order valence-corrected chi connectivity index (χ2v) is 7.06. The lowest BCUT2D eigenvalue weighted by Gasteiger charge is -2.35. The van der Waals surface area contributed by atoms with Gasteiger partial charge in [0.05, 0.1) is 6.61 Å². The maximum Gasteiger partial charge on any atom is 0.0615 e. The van der Waals surface area contributed by atoms with Crippen LogP contribution in [0.15, 0.2) is 0 Å². The van der Waals surface area contributed by atoms with Gasteiger partial charge in [-0.1, -0.05) is 20.3 Å². The fraction of sp³-hybridized carbons (Fsp3) is 1.00. The minimum Gasteiger partial charge on any atom is -0.394 e. The van der Waals surface area contributed by atoms with Gasteiger partial charge in [0.1, 0.15) is 0 Å². The standard InChI is InChI=1S/C16H32N2O/c1-13(2)11-18(15-6-7-15)10-8-14-5-4-9-16(14,12-19)17-3/h13-15,17,19H,4-12H2,1-3H3. The van der Waals surface area contributed by atoms with Gasteiger partial charge in [0.2, 0.25) is 0 Å². The smallest absolute Gasteiger partial charge is 0.0615 e. The first-order chi connectivity index (χ1) is 9.11. The van der Waals surface area contributed by atoms with Crippen LogP contribution < -0.4 is 5.32 Å². The Hall–Kier alpha value is -0.120. The molecule has 0 amide bonds. The summed E-state index contributed by atoms with van der Waals surface area (Å²) < 4.78 is 0. The molecule has 0 aromatic rings. The number of nitrogens with one attached hydrogen (secondary N) is 1. The summed E-state index contributed by atoms with van der Waals surface area (Å²) in [5.41, 5.74) is 0.00700. The molecule has 0 heterocycles. The summed E-state index contributed by atoms with van der Waals surface area (Å²) in [6.07, 6.45) is 7.72. The average molecular weight is 268 g/mol. The molecule has 0 spiro atoms. The highest BCUT2D eigenvalue weighted by molar-refractivity contribution is 4.98. The van der Waals surface area contributed by atoms with Gasteiger partial charge in [-0.2, -0.15) is 0 Å². The van der Waals surface area contributed by atoms with E-state index in [1.54, 1.807) is 0 Å². The Bertz CT molecular complexity index is 272. The van der Waals surface area contributed by atoms with E-state index in [4.69, 9.17) is 0 Å². The third kappa shape index (κ3) is 3.71. The number of nitrogens with zero attached hydrogens (tertiary/aromatic N) is 1. The van der Waals surface area contributed by atoms with Gasteiger partial charge in [-0.05, 0) is 57.5 Å². The minimum absolute atomic E-state index is 0.00700. The topological polar surface area (TPSA) is 35.5 Å². The minimum atomic E-state index is 0.00700. The van der Waals surface area contributed by atoms with Crippen LogP contribution in [-0.2, 0) is 0 Å². The number of aliphatic hydroxyl groups excluding tert-OH is 1. The van der Waals surface area contributed by atoms with Crippen LogP contribution in [0.3, 0.4) is 0 Å². The molecule has 2 rings (SSSR count).